The molecule has 7 heteroatoms. The molecule has 1 amide bonds. The first kappa shape index (κ1) is 19.5. The highest BCUT2D eigenvalue weighted by Gasteiger charge is 2.30. The van der Waals surface area contributed by atoms with Crippen LogP contribution in [0.25, 0.3) is 0 Å². The van der Waals surface area contributed by atoms with Gasteiger partial charge in [-0.05, 0) is 37.1 Å². The first-order chi connectivity index (χ1) is 12.2. The third-order valence-corrected chi connectivity index (χ3v) is 3.98. The molecule has 0 heterocycles. The zero-order chi connectivity index (χ0) is 19.3. The van der Waals surface area contributed by atoms with Gasteiger partial charge in [-0.3, -0.25) is 4.79 Å². The van der Waals surface area contributed by atoms with E-state index in [1.165, 1.54) is 12.3 Å². The summed E-state index contributed by atoms with van der Waals surface area (Å²) in [6.07, 6.45) is -3.67. The molecular weight excluding hydrogens is 345 g/mol. The molecule has 138 valence electrons. The van der Waals surface area contributed by atoms with Gasteiger partial charge in [0.15, 0.2) is 0 Å². The van der Waals surface area contributed by atoms with Gasteiger partial charge in [-0.1, -0.05) is 41.6 Å². The summed E-state index contributed by atoms with van der Waals surface area (Å²) >= 11 is 0. The Kier molecular flexibility index (Phi) is 6.02. The summed E-state index contributed by atoms with van der Waals surface area (Å²) in [5.74, 6) is -0.970. The van der Waals surface area contributed by atoms with Crippen LogP contribution in [0.3, 0.4) is 0 Å². The third-order valence-electron chi connectivity index (χ3n) is 3.98. The summed E-state index contributed by atoms with van der Waals surface area (Å²) in [6.45, 7) is 3.28. The number of hydrogen-bond acceptors (Lipinski definition) is 3. The van der Waals surface area contributed by atoms with Crippen molar-refractivity contribution in [3.63, 3.8) is 0 Å². The number of hydrogen-bond donors (Lipinski definition) is 1. The number of nitrogens with zero attached hydrogens (tertiary/aromatic N) is 1. The lowest BCUT2D eigenvalue weighted by Gasteiger charge is -2.13. The minimum Gasteiger partial charge on any atom is -0.388 e. The summed E-state index contributed by atoms with van der Waals surface area (Å²) < 4.78 is 38.3. The van der Waals surface area contributed by atoms with E-state index in [2.05, 4.69) is 5.16 Å². The molecule has 2 unspecified atom stereocenters. The molecule has 2 rings (SSSR count). The molecule has 0 spiro atoms. The molecule has 2 N–H and O–H groups in total. The molecule has 2 aromatic rings. The first-order valence-corrected chi connectivity index (χ1v) is 7.94. The fourth-order valence-electron chi connectivity index (χ4n) is 2.38. The van der Waals surface area contributed by atoms with Crippen LogP contribution in [0.2, 0.25) is 0 Å². The van der Waals surface area contributed by atoms with E-state index in [1.54, 1.807) is 44.2 Å². The number of amides is 1. The average Bonchev–Trinajstić information content (AvgIpc) is 2.60. The lowest BCUT2D eigenvalue weighted by Crippen LogP contribution is -2.19. The standard InChI is InChI=1S/C19H19F3N2O2/c1-12(18(23)25)17-9-4-3-6-15(17)11-24-26-13(2)14-7-5-8-16(10-14)19(20,21)22/h3-13H,1-2H3,(H2,23,25)/b24-11+. The van der Waals surface area contributed by atoms with Crippen molar-refractivity contribution < 1.29 is 22.8 Å². The third kappa shape index (κ3) is 4.84. The summed E-state index contributed by atoms with van der Waals surface area (Å²) in [5.41, 5.74) is 6.29. The molecule has 0 aromatic heterocycles. The van der Waals surface area contributed by atoms with E-state index >= 15 is 0 Å². The topological polar surface area (TPSA) is 64.7 Å². The Bertz CT molecular complexity index is 803. The van der Waals surface area contributed by atoms with Crippen molar-refractivity contribution in [3.05, 3.63) is 70.8 Å². The highest BCUT2D eigenvalue weighted by atomic mass is 19.4. The van der Waals surface area contributed by atoms with Gasteiger partial charge >= 0.3 is 6.18 Å². The lowest BCUT2D eigenvalue weighted by atomic mass is 9.96. The average molecular weight is 364 g/mol. The Morgan fingerprint density at radius 3 is 2.50 bits per heavy atom. The number of nitrogens with two attached hydrogens (primary N) is 1. The van der Waals surface area contributed by atoms with Crippen LogP contribution in [0.5, 0.6) is 0 Å². The predicted octanol–water partition coefficient (Wildman–Crippen LogP) is 4.41. The van der Waals surface area contributed by atoms with Crippen LogP contribution in [0.15, 0.2) is 53.7 Å². The number of halogens is 3. The van der Waals surface area contributed by atoms with Crippen LogP contribution in [0, 0.1) is 0 Å². The number of carbonyl (C=O) groups is 1. The predicted molar refractivity (Wildman–Crippen MR) is 92.6 cm³/mol. The minimum absolute atomic E-state index is 0.357. The van der Waals surface area contributed by atoms with E-state index in [1.807, 2.05) is 0 Å². The fourth-order valence-corrected chi connectivity index (χ4v) is 2.38. The summed E-state index contributed by atoms with van der Waals surface area (Å²) in [5, 5.41) is 3.85. The second kappa shape index (κ2) is 8.03. The summed E-state index contributed by atoms with van der Waals surface area (Å²) in [7, 11) is 0. The van der Waals surface area contributed by atoms with Gasteiger partial charge < -0.3 is 10.6 Å². The van der Waals surface area contributed by atoms with Crippen molar-refractivity contribution in [2.24, 2.45) is 10.9 Å². The number of rotatable bonds is 6. The van der Waals surface area contributed by atoms with E-state index in [4.69, 9.17) is 10.6 Å². The van der Waals surface area contributed by atoms with Crippen molar-refractivity contribution in [2.45, 2.75) is 32.0 Å². The molecule has 0 saturated heterocycles. The molecular formula is C19H19F3N2O2. The molecule has 2 atom stereocenters. The van der Waals surface area contributed by atoms with Gasteiger partial charge in [-0.2, -0.15) is 13.2 Å². The number of oxime groups is 1. The zero-order valence-corrected chi connectivity index (χ0v) is 14.3. The Hall–Kier alpha value is -2.83. The highest BCUT2D eigenvalue weighted by Crippen LogP contribution is 2.31. The van der Waals surface area contributed by atoms with Gasteiger partial charge in [0.1, 0.15) is 6.10 Å². The lowest BCUT2D eigenvalue weighted by molar-refractivity contribution is -0.137. The van der Waals surface area contributed by atoms with Crippen LogP contribution >= 0.6 is 0 Å². The fraction of sp³-hybridized carbons (Fsp3) is 0.263. The molecule has 26 heavy (non-hydrogen) atoms. The largest absolute Gasteiger partial charge is 0.416 e. The SMILES string of the molecule is CC(O/N=C/c1ccccc1C(C)C(N)=O)c1cccc(C(F)(F)F)c1. The number of alkyl halides is 3. The molecule has 2 aromatic carbocycles. The Morgan fingerprint density at radius 2 is 1.85 bits per heavy atom. The zero-order valence-electron chi connectivity index (χ0n) is 14.3. The highest BCUT2D eigenvalue weighted by molar-refractivity contribution is 5.88. The van der Waals surface area contributed by atoms with Crippen LogP contribution in [0.4, 0.5) is 13.2 Å². The van der Waals surface area contributed by atoms with Crippen LogP contribution in [0.1, 0.15) is 48.1 Å². The second-order valence-corrected chi connectivity index (χ2v) is 5.86. The molecule has 4 nitrogen and oxygen atoms in total. The second-order valence-electron chi connectivity index (χ2n) is 5.86. The maximum Gasteiger partial charge on any atom is 0.416 e. The van der Waals surface area contributed by atoms with Gasteiger partial charge in [0.25, 0.3) is 0 Å². The maximum atomic E-state index is 12.8. The summed E-state index contributed by atoms with van der Waals surface area (Å²) in [4.78, 5) is 16.7. The molecule has 0 aliphatic carbocycles. The van der Waals surface area contributed by atoms with Gasteiger partial charge in [0.05, 0.1) is 17.7 Å². The normalized spacial score (nSPS) is 14.2. The molecule has 0 fully saturated rings. The molecule has 0 saturated carbocycles. The Morgan fingerprint density at radius 1 is 1.15 bits per heavy atom. The quantitative estimate of drug-likeness (QED) is 0.610. The van der Waals surface area contributed by atoms with Crippen molar-refractivity contribution in [3.8, 4) is 0 Å². The van der Waals surface area contributed by atoms with Crippen LogP contribution < -0.4 is 5.73 Å². The summed E-state index contributed by atoms with van der Waals surface area (Å²) in [6, 6.07) is 11.9. The minimum atomic E-state index is -4.41. The van der Waals surface area contributed by atoms with Crippen molar-refractivity contribution >= 4 is 12.1 Å². The van der Waals surface area contributed by atoms with Gasteiger partial charge in [0.2, 0.25) is 5.91 Å². The van der Waals surface area contributed by atoms with Crippen LogP contribution in [-0.4, -0.2) is 12.1 Å². The van der Waals surface area contributed by atoms with E-state index in [-0.39, 0.29) is 0 Å². The molecule has 0 radical (unpaired) electrons. The first-order valence-electron chi connectivity index (χ1n) is 7.94. The Labute approximate surface area is 149 Å². The van der Waals surface area contributed by atoms with E-state index in [0.717, 1.165) is 12.1 Å². The molecule has 0 bridgehead atoms. The maximum absolute atomic E-state index is 12.8. The smallest absolute Gasteiger partial charge is 0.388 e. The van der Waals surface area contributed by atoms with Gasteiger partial charge in [-0.15, -0.1) is 0 Å². The van der Waals surface area contributed by atoms with Crippen molar-refractivity contribution in [1.82, 2.24) is 0 Å². The molecule has 0 aliphatic rings. The van der Waals surface area contributed by atoms with Crippen molar-refractivity contribution in [1.29, 1.82) is 0 Å². The monoisotopic (exact) mass is 364 g/mol. The van der Waals surface area contributed by atoms with E-state index < -0.39 is 29.7 Å². The number of carbonyl (C=O) groups excluding carboxylic acids is 1. The molecule has 0 aliphatic heterocycles. The van der Waals surface area contributed by atoms with Crippen LogP contribution in [-0.2, 0) is 15.8 Å². The van der Waals surface area contributed by atoms with Gasteiger partial charge in [-0.25, -0.2) is 0 Å². The van der Waals surface area contributed by atoms with Gasteiger partial charge in [0, 0.05) is 5.56 Å². The van der Waals surface area contributed by atoms with Crippen molar-refractivity contribution in [2.75, 3.05) is 0 Å². The number of benzene rings is 2. The van der Waals surface area contributed by atoms with E-state index in [9.17, 15) is 18.0 Å². The number of primary amides is 1. The Balaban J connectivity index is 2.13. The van der Waals surface area contributed by atoms with E-state index in [0.29, 0.717) is 16.7 Å².